The molecule has 298 valence electrons. The maximum Gasteiger partial charge on any atom is 0.306 e. The summed E-state index contributed by atoms with van der Waals surface area (Å²) < 4.78 is 10.3. The first-order valence-electron chi connectivity index (χ1n) is 21.1. The summed E-state index contributed by atoms with van der Waals surface area (Å²) in [6.07, 6.45) is 51.4. The molecule has 0 saturated heterocycles. The predicted octanol–water partition coefficient (Wildman–Crippen LogP) is 12.3. The van der Waals surface area contributed by atoms with Gasteiger partial charge in [0, 0.05) is 12.8 Å². The Bertz CT molecular complexity index is 975. The second-order valence-electron chi connectivity index (χ2n) is 13.9. The molecule has 0 aromatic heterocycles. The summed E-state index contributed by atoms with van der Waals surface area (Å²) in [5, 5.41) is 20.1. The van der Waals surface area contributed by atoms with Crippen LogP contribution in [0.3, 0.4) is 0 Å². The number of aliphatic hydroxyl groups excluding tert-OH is 2. The molecular formula is C46H78O6. The van der Waals surface area contributed by atoms with Gasteiger partial charge >= 0.3 is 11.9 Å². The van der Waals surface area contributed by atoms with Crippen LogP contribution in [-0.4, -0.2) is 47.6 Å². The van der Waals surface area contributed by atoms with Crippen molar-refractivity contribution in [3.05, 3.63) is 72.9 Å². The zero-order valence-electron chi connectivity index (χ0n) is 33.4. The van der Waals surface area contributed by atoms with Crippen LogP contribution in [-0.2, 0) is 19.1 Å². The number of hydrogen-bond acceptors (Lipinski definition) is 6. The molecule has 6 heteroatoms. The van der Waals surface area contributed by atoms with E-state index in [1.807, 2.05) is 30.4 Å². The van der Waals surface area contributed by atoms with Crippen LogP contribution < -0.4 is 0 Å². The molecule has 0 aliphatic heterocycles. The number of allylic oxidation sites excluding steroid dienone is 10. The molecular weight excluding hydrogens is 648 g/mol. The Labute approximate surface area is 319 Å². The van der Waals surface area contributed by atoms with E-state index < -0.39 is 18.2 Å². The third kappa shape index (κ3) is 40.1. The van der Waals surface area contributed by atoms with Gasteiger partial charge in [-0.2, -0.15) is 0 Å². The van der Waals surface area contributed by atoms with Gasteiger partial charge in [0.1, 0.15) is 19.3 Å². The van der Waals surface area contributed by atoms with Crippen LogP contribution in [0.4, 0.5) is 0 Å². The Morgan fingerprint density at radius 2 is 0.942 bits per heavy atom. The van der Waals surface area contributed by atoms with E-state index in [4.69, 9.17) is 9.47 Å². The molecule has 0 rings (SSSR count). The van der Waals surface area contributed by atoms with Crippen molar-refractivity contribution in [3.8, 4) is 0 Å². The molecule has 0 fully saturated rings. The number of carbonyl (C=O) groups is 2. The highest BCUT2D eigenvalue weighted by atomic mass is 16.6. The predicted molar refractivity (Wildman–Crippen MR) is 220 cm³/mol. The zero-order chi connectivity index (χ0) is 38.0. The van der Waals surface area contributed by atoms with E-state index in [0.29, 0.717) is 19.3 Å². The fourth-order valence-corrected chi connectivity index (χ4v) is 5.61. The topological polar surface area (TPSA) is 93.1 Å². The van der Waals surface area contributed by atoms with Crippen molar-refractivity contribution in [2.24, 2.45) is 0 Å². The van der Waals surface area contributed by atoms with Crippen molar-refractivity contribution in [1.29, 1.82) is 0 Å². The number of unbranched alkanes of at least 4 members (excludes halogenated alkanes) is 17. The zero-order valence-corrected chi connectivity index (χ0v) is 33.4. The van der Waals surface area contributed by atoms with Crippen molar-refractivity contribution in [3.63, 3.8) is 0 Å². The maximum atomic E-state index is 12.0. The summed E-state index contributed by atoms with van der Waals surface area (Å²) in [6, 6.07) is 0. The molecule has 1 unspecified atom stereocenters. The van der Waals surface area contributed by atoms with Crippen LogP contribution >= 0.6 is 0 Å². The number of rotatable bonds is 37. The summed E-state index contributed by atoms with van der Waals surface area (Å²) in [5.41, 5.74) is 0. The third-order valence-electron chi connectivity index (χ3n) is 8.80. The van der Waals surface area contributed by atoms with Gasteiger partial charge in [-0.3, -0.25) is 9.59 Å². The minimum absolute atomic E-state index is 0.169. The number of hydrogen-bond donors (Lipinski definition) is 2. The van der Waals surface area contributed by atoms with Crippen LogP contribution in [0.2, 0.25) is 0 Å². The fraction of sp³-hybridized carbons (Fsp3) is 0.696. The SMILES string of the molecule is CC/C=C\C/C=C\C/C=C\C/C=C\C=C/C(O)C/C=C\CCC(=O)OC[C@H](O)COC(=O)CCCCCCCCCCCCCCCCCCCC. The van der Waals surface area contributed by atoms with Gasteiger partial charge in [-0.15, -0.1) is 0 Å². The van der Waals surface area contributed by atoms with Crippen molar-refractivity contribution >= 4 is 11.9 Å². The Balaban J connectivity index is 3.63. The molecule has 0 aromatic carbocycles. The summed E-state index contributed by atoms with van der Waals surface area (Å²) in [6.45, 7) is 4.04. The molecule has 0 aliphatic rings. The van der Waals surface area contributed by atoms with E-state index in [1.54, 1.807) is 6.08 Å². The first-order chi connectivity index (χ1) is 25.5. The molecule has 0 amide bonds. The number of esters is 2. The van der Waals surface area contributed by atoms with Gasteiger partial charge in [0.25, 0.3) is 0 Å². The van der Waals surface area contributed by atoms with Crippen molar-refractivity contribution < 1.29 is 29.3 Å². The maximum absolute atomic E-state index is 12.0. The summed E-state index contributed by atoms with van der Waals surface area (Å²) in [7, 11) is 0. The molecule has 0 aromatic rings. The van der Waals surface area contributed by atoms with E-state index in [1.165, 1.54) is 96.3 Å². The Morgan fingerprint density at radius 3 is 1.44 bits per heavy atom. The fourth-order valence-electron chi connectivity index (χ4n) is 5.61. The smallest absolute Gasteiger partial charge is 0.306 e. The van der Waals surface area contributed by atoms with Gasteiger partial charge in [-0.05, 0) is 44.9 Å². The van der Waals surface area contributed by atoms with Crippen molar-refractivity contribution in [2.75, 3.05) is 13.2 Å². The van der Waals surface area contributed by atoms with Crippen LogP contribution in [0.5, 0.6) is 0 Å². The highest BCUT2D eigenvalue weighted by Gasteiger charge is 2.12. The number of aliphatic hydroxyl groups is 2. The molecule has 2 N–H and O–H groups in total. The lowest BCUT2D eigenvalue weighted by Crippen LogP contribution is -2.25. The van der Waals surface area contributed by atoms with Gasteiger partial charge in [-0.1, -0.05) is 196 Å². The molecule has 52 heavy (non-hydrogen) atoms. The third-order valence-corrected chi connectivity index (χ3v) is 8.80. The van der Waals surface area contributed by atoms with Crippen molar-refractivity contribution in [1.82, 2.24) is 0 Å². The molecule has 0 saturated carbocycles. The monoisotopic (exact) mass is 727 g/mol. The van der Waals surface area contributed by atoms with Gasteiger partial charge in [0.2, 0.25) is 0 Å². The first-order valence-corrected chi connectivity index (χ1v) is 21.1. The summed E-state index contributed by atoms with van der Waals surface area (Å²) >= 11 is 0. The van der Waals surface area contributed by atoms with Crippen LogP contribution in [0, 0.1) is 0 Å². The normalized spacial score (nSPS) is 13.5. The molecule has 0 radical (unpaired) electrons. The van der Waals surface area contributed by atoms with E-state index in [2.05, 4.69) is 50.3 Å². The second-order valence-corrected chi connectivity index (χ2v) is 13.9. The van der Waals surface area contributed by atoms with E-state index in [-0.39, 0.29) is 25.6 Å². The molecule has 0 bridgehead atoms. The van der Waals surface area contributed by atoms with E-state index >= 15 is 0 Å². The van der Waals surface area contributed by atoms with Gasteiger partial charge in [0.05, 0.1) is 6.10 Å². The first kappa shape index (κ1) is 49.3. The molecule has 0 spiro atoms. The van der Waals surface area contributed by atoms with E-state index in [9.17, 15) is 19.8 Å². The average Bonchev–Trinajstić information content (AvgIpc) is 3.14. The lowest BCUT2D eigenvalue weighted by Gasteiger charge is -2.12. The molecule has 0 heterocycles. The van der Waals surface area contributed by atoms with Gasteiger partial charge in [0.15, 0.2) is 0 Å². The number of ether oxygens (including phenoxy) is 2. The highest BCUT2D eigenvalue weighted by molar-refractivity contribution is 5.70. The van der Waals surface area contributed by atoms with Crippen molar-refractivity contribution in [2.45, 2.75) is 193 Å². The second kappa shape index (κ2) is 41.1. The Hall–Kier alpha value is -2.70. The molecule has 2 atom stereocenters. The lowest BCUT2D eigenvalue weighted by atomic mass is 10.0. The van der Waals surface area contributed by atoms with Crippen LogP contribution in [0.15, 0.2) is 72.9 Å². The molecule has 6 nitrogen and oxygen atoms in total. The largest absolute Gasteiger partial charge is 0.463 e. The summed E-state index contributed by atoms with van der Waals surface area (Å²) in [5.74, 6) is -0.740. The average molecular weight is 727 g/mol. The van der Waals surface area contributed by atoms with E-state index in [0.717, 1.165) is 44.9 Å². The van der Waals surface area contributed by atoms with Gasteiger partial charge in [-0.25, -0.2) is 0 Å². The lowest BCUT2D eigenvalue weighted by molar-refractivity contribution is -0.152. The van der Waals surface area contributed by atoms with Crippen LogP contribution in [0.1, 0.15) is 181 Å². The Morgan fingerprint density at radius 1 is 0.500 bits per heavy atom. The quantitative estimate of drug-likeness (QED) is 0.0286. The molecule has 0 aliphatic carbocycles. The Kier molecular flexibility index (Phi) is 38.9. The standard InChI is InChI=1S/C46H78O6/c1-3-5-7-9-11-13-15-17-18-19-20-21-23-25-27-29-31-35-39-45(49)51-41-44(48)42-52-46(50)40-36-32-34-38-43(47)37-33-30-28-26-24-22-16-14-12-10-8-6-4-2/h6,8,12,14,22,24,28,30,32-34,37,43-44,47-48H,3-5,7,9-11,13,15-21,23,25-27,29,31,35-36,38-42H2,1-2H3/b8-6-,14-12-,24-22-,30-28-,34-32-,37-33-/t43?,44-/m1/s1. The minimum atomic E-state index is -1.03. The number of carbonyl (C=O) groups excluding carboxylic acids is 2. The minimum Gasteiger partial charge on any atom is -0.463 e. The summed E-state index contributed by atoms with van der Waals surface area (Å²) in [4.78, 5) is 24.0. The van der Waals surface area contributed by atoms with Gasteiger partial charge < -0.3 is 19.7 Å². The van der Waals surface area contributed by atoms with Crippen LogP contribution in [0.25, 0.3) is 0 Å². The highest BCUT2D eigenvalue weighted by Crippen LogP contribution is 2.15.